The molecule has 7 heteroatoms. The molecule has 2 aliphatic rings. The van der Waals surface area contributed by atoms with Crippen molar-refractivity contribution in [3.8, 4) is 5.75 Å². The van der Waals surface area contributed by atoms with E-state index in [0.717, 1.165) is 4.90 Å². The minimum Gasteiger partial charge on any atom is -0.491 e. The largest absolute Gasteiger partial charge is 0.491 e. The molecule has 1 atom stereocenters. The third kappa shape index (κ3) is 2.58. The van der Waals surface area contributed by atoms with Crippen LogP contribution in [0.15, 0.2) is 18.2 Å². The summed E-state index contributed by atoms with van der Waals surface area (Å²) < 4.78 is 5.53. The quantitative estimate of drug-likeness (QED) is 0.836. The van der Waals surface area contributed by atoms with Gasteiger partial charge >= 0.3 is 0 Å². The van der Waals surface area contributed by atoms with E-state index in [-0.39, 0.29) is 30.1 Å². The number of piperidine rings is 1. The van der Waals surface area contributed by atoms with Crippen molar-refractivity contribution >= 4 is 23.6 Å². The number of rotatable bonds is 3. The van der Waals surface area contributed by atoms with E-state index in [2.05, 4.69) is 5.32 Å². The summed E-state index contributed by atoms with van der Waals surface area (Å²) in [5, 5.41) is 2.16. The molecule has 2 heterocycles. The number of imide groups is 2. The number of fused-ring (bicyclic) bond motifs is 1. The molecule has 0 aromatic heterocycles. The molecule has 1 aromatic carbocycles. The fourth-order valence-electron chi connectivity index (χ4n) is 2.80. The van der Waals surface area contributed by atoms with Crippen molar-refractivity contribution in [1.29, 1.82) is 0 Å². The van der Waals surface area contributed by atoms with Gasteiger partial charge in [0.1, 0.15) is 11.8 Å². The molecular weight excluding hydrogens is 300 g/mol. The molecule has 23 heavy (non-hydrogen) atoms. The zero-order valence-electron chi connectivity index (χ0n) is 12.8. The van der Waals surface area contributed by atoms with Crippen LogP contribution in [-0.4, -0.2) is 40.7 Å². The molecule has 2 aliphatic heterocycles. The smallest absolute Gasteiger partial charge is 0.262 e. The first kappa shape index (κ1) is 15.2. The second-order valence-electron chi connectivity index (χ2n) is 5.82. The lowest BCUT2D eigenvalue weighted by atomic mass is 10.0. The van der Waals surface area contributed by atoms with Crippen LogP contribution in [0.5, 0.6) is 5.75 Å². The highest BCUT2D eigenvalue weighted by Crippen LogP contribution is 2.30. The van der Waals surface area contributed by atoms with Crippen LogP contribution in [0.1, 0.15) is 47.4 Å². The fraction of sp³-hybridized carbons (Fsp3) is 0.375. The number of carbonyl (C=O) groups is 4. The highest BCUT2D eigenvalue weighted by Gasteiger charge is 2.44. The topological polar surface area (TPSA) is 92.8 Å². The third-order valence-electron chi connectivity index (χ3n) is 3.78. The highest BCUT2D eigenvalue weighted by molar-refractivity contribution is 6.23. The Morgan fingerprint density at radius 3 is 2.48 bits per heavy atom. The number of nitrogens with one attached hydrogen (secondary N) is 1. The van der Waals surface area contributed by atoms with E-state index < -0.39 is 29.7 Å². The zero-order valence-corrected chi connectivity index (χ0v) is 12.8. The molecule has 1 fully saturated rings. The molecule has 1 aromatic rings. The Bertz CT molecular complexity index is 725. The van der Waals surface area contributed by atoms with Crippen molar-refractivity contribution in [3.63, 3.8) is 0 Å². The van der Waals surface area contributed by atoms with E-state index in [0.29, 0.717) is 5.75 Å². The summed E-state index contributed by atoms with van der Waals surface area (Å²) in [6.45, 7) is 3.71. The molecule has 1 saturated heterocycles. The first-order valence-corrected chi connectivity index (χ1v) is 7.40. The van der Waals surface area contributed by atoms with E-state index in [1.54, 1.807) is 6.07 Å². The van der Waals surface area contributed by atoms with Crippen LogP contribution in [0.25, 0.3) is 0 Å². The van der Waals surface area contributed by atoms with E-state index in [1.807, 2.05) is 13.8 Å². The van der Waals surface area contributed by atoms with Gasteiger partial charge in [0.05, 0.1) is 17.2 Å². The average Bonchev–Trinajstić information content (AvgIpc) is 2.71. The molecule has 3 rings (SSSR count). The summed E-state index contributed by atoms with van der Waals surface area (Å²) in [5.74, 6) is -1.57. The van der Waals surface area contributed by atoms with Crippen LogP contribution in [0.2, 0.25) is 0 Å². The second kappa shape index (κ2) is 5.49. The summed E-state index contributed by atoms with van der Waals surface area (Å²) in [6, 6.07) is 3.72. The molecule has 120 valence electrons. The van der Waals surface area contributed by atoms with Gasteiger partial charge < -0.3 is 4.74 Å². The number of hydrogen-bond acceptors (Lipinski definition) is 5. The fourth-order valence-corrected chi connectivity index (χ4v) is 2.80. The Labute approximate surface area is 132 Å². The molecule has 0 spiro atoms. The van der Waals surface area contributed by atoms with Gasteiger partial charge in [0.15, 0.2) is 0 Å². The second-order valence-corrected chi connectivity index (χ2v) is 5.82. The van der Waals surface area contributed by atoms with Crippen molar-refractivity contribution in [2.24, 2.45) is 0 Å². The summed E-state index contributed by atoms with van der Waals surface area (Å²) >= 11 is 0. The monoisotopic (exact) mass is 316 g/mol. The maximum absolute atomic E-state index is 12.6. The molecule has 0 radical (unpaired) electrons. The van der Waals surface area contributed by atoms with Gasteiger partial charge in [-0.25, -0.2) is 0 Å². The predicted molar refractivity (Wildman–Crippen MR) is 78.9 cm³/mol. The summed E-state index contributed by atoms with van der Waals surface area (Å²) in [6.07, 6.45) is 0.184. The molecule has 1 unspecified atom stereocenters. The van der Waals surface area contributed by atoms with Crippen molar-refractivity contribution in [1.82, 2.24) is 10.2 Å². The lowest BCUT2D eigenvalue weighted by Gasteiger charge is -2.27. The van der Waals surface area contributed by atoms with Gasteiger partial charge in [-0.05, 0) is 38.5 Å². The number of carbonyl (C=O) groups excluding carboxylic acids is 4. The summed E-state index contributed by atoms with van der Waals surface area (Å²) in [7, 11) is 0. The SMILES string of the molecule is CC(C)Oc1ccc2c(c1)C(=O)N(C1CCC(=O)NC1=O)C2=O. The zero-order chi connectivity index (χ0) is 16.7. The lowest BCUT2D eigenvalue weighted by Crippen LogP contribution is -2.54. The first-order chi connectivity index (χ1) is 10.9. The Morgan fingerprint density at radius 2 is 1.83 bits per heavy atom. The number of amides is 4. The van der Waals surface area contributed by atoms with Gasteiger partial charge in [0, 0.05) is 6.42 Å². The highest BCUT2D eigenvalue weighted by atomic mass is 16.5. The minimum absolute atomic E-state index is 0.0634. The van der Waals surface area contributed by atoms with Crippen LogP contribution in [0.4, 0.5) is 0 Å². The molecule has 0 bridgehead atoms. The summed E-state index contributed by atoms with van der Waals surface area (Å²) in [4.78, 5) is 49.1. The van der Waals surface area contributed by atoms with Crippen molar-refractivity contribution in [2.75, 3.05) is 0 Å². The van der Waals surface area contributed by atoms with Crippen LogP contribution >= 0.6 is 0 Å². The molecule has 0 aliphatic carbocycles. The Hall–Kier alpha value is -2.70. The Balaban J connectivity index is 1.91. The van der Waals surface area contributed by atoms with Gasteiger partial charge in [-0.3, -0.25) is 29.4 Å². The van der Waals surface area contributed by atoms with Gasteiger partial charge in [0.25, 0.3) is 11.8 Å². The molecule has 7 nitrogen and oxygen atoms in total. The Kier molecular flexibility index (Phi) is 3.63. The maximum Gasteiger partial charge on any atom is 0.262 e. The standard InChI is InChI=1S/C16H16N2O5/c1-8(2)23-9-3-4-10-11(7-9)16(22)18(15(10)21)12-5-6-13(19)17-14(12)20/h3-4,7-8,12H,5-6H2,1-2H3,(H,17,19,20). The van der Waals surface area contributed by atoms with Crippen molar-refractivity contribution in [3.05, 3.63) is 29.3 Å². The molecule has 1 N–H and O–H groups in total. The van der Waals surface area contributed by atoms with E-state index in [4.69, 9.17) is 4.74 Å². The van der Waals surface area contributed by atoms with E-state index in [9.17, 15) is 19.2 Å². The lowest BCUT2D eigenvalue weighted by molar-refractivity contribution is -0.136. The third-order valence-corrected chi connectivity index (χ3v) is 3.78. The number of benzene rings is 1. The summed E-state index contributed by atoms with van der Waals surface area (Å²) in [5.41, 5.74) is 0.466. The predicted octanol–water partition coefficient (Wildman–Crippen LogP) is 0.875. The average molecular weight is 316 g/mol. The van der Waals surface area contributed by atoms with Crippen molar-refractivity contribution in [2.45, 2.75) is 38.8 Å². The van der Waals surface area contributed by atoms with Gasteiger partial charge in [-0.1, -0.05) is 0 Å². The number of hydrogen-bond donors (Lipinski definition) is 1. The van der Waals surface area contributed by atoms with Crippen LogP contribution in [-0.2, 0) is 9.59 Å². The van der Waals surface area contributed by atoms with Crippen LogP contribution < -0.4 is 10.1 Å². The van der Waals surface area contributed by atoms with E-state index >= 15 is 0 Å². The normalized spacial score (nSPS) is 20.8. The first-order valence-electron chi connectivity index (χ1n) is 7.40. The van der Waals surface area contributed by atoms with Crippen LogP contribution in [0, 0.1) is 0 Å². The maximum atomic E-state index is 12.6. The van der Waals surface area contributed by atoms with E-state index in [1.165, 1.54) is 12.1 Å². The minimum atomic E-state index is -0.949. The van der Waals surface area contributed by atoms with Gasteiger partial charge in [-0.2, -0.15) is 0 Å². The number of nitrogens with zero attached hydrogens (tertiary/aromatic N) is 1. The van der Waals surface area contributed by atoms with Crippen molar-refractivity contribution < 1.29 is 23.9 Å². The van der Waals surface area contributed by atoms with Gasteiger partial charge in [0.2, 0.25) is 11.8 Å². The molecule has 0 saturated carbocycles. The molecule has 4 amide bonds. The molecular formula is C16H16N2O5. The van der Waals surface area contributed by atoms with Crippen LogP contribution in [0.3, 0.4) is 0 Å². The number of ether oxygens (including phenoxy) is 1. The Morgan fingerprint density at radius 1 is 1.13 bits per heavy atom. The van der Waals surface area contributed by atoms with Gasteiger partial charge in [-0.15, -0.1) is 0 Å².